The van der Waals surface area contributed by atoms with Crippen LogP contribution in [-0.2, 0) is 0 Å². The third kappa shape index (κ3) is 3.40. The first-order valence-electron chi connectivity index (χ1n) is 8.63. The molecular weight excluding hydrogens is 346 g/mol. The highest BCUT2D eigenvalue weighted by Crippen LogP contribution is 2.25. The highest BCUT2D eigenvalue weighted by molar-refractivity contribution is 7.20. The van der Waals surface area contributed by atoms with Crippen LogP contribution in [0.4, 0.5) is 11.5 Å². The standard InChI is InChI=1S/C19H21N5OS/c1-23(2)15-7-9-24(12-15)14-5-6-17(21-11-14)22-18(25)16-10-13-4-3-8-20-19(13)26-16/h3-6,8,10-11,15H,7,9,12H2,1-2H3,(H,21,22,25). The van der Waals surface area contributed by atoms with Gasteiger partial charge in [0.25, 0.3) is 5.91 Å². The van der Waals surface area contributed by atoms with E-state index in [1.54, 1.807) is 6.20 Å². The molecule has 0 saturated carbocycles. The first-order chi connectivity index (χ1) is 12.6. The van der Waals surface area contributed by atoms with Gasteiger partial charge in [-0.2, -0.15) is 0 Å². The summed E-state index contributed by atoms with van der Waals surface area (Å²) in [5, 5.41) is 3.85. The highest BCUT2D eigenvalue weighted by atomic mass is 32.1. The minimum absolute atomic E-state index is 0.151. The predicted molar refractivity (Wildman–Crippen MR) is 106 cm³/mol. The van der Waals surface area contributed by atoms with Crippen molar-refractivity contribution in [2.24, 2.45) is 0 Å². The van der Waals surface area contributed by atoms with Crippen LogP contribution in [0.5, 0.6) is 0 Å². The zero-order valence-electron chi connectivity index (χ0n) is 14.8. The Balaban J connectivity index is 1.43. The van der Waals surface area contributed by atoms with Crippen molar-refractivity contribution >= 4 is 39.0 Å². The number of carbonyl (C=O) groups excluding carboxylic acids is 1. The Bertz CT molecular complexity index is 888. The van der Waals surface area contributed by atoms with Crippen LogP contribution in [0.25, 0.3) is 10.2 Å². The second kappa shape index (κ2) is 7.01. The van der Waals surface area contributed by atoms with E-state index < -0.39 is 0 Å². The Morgan fingerprint density at radius 1 is 1.31 bits per heavy atom. The quantitative estimate of drug-likeness (QED) is 0.768. The summed E-state index contributed by atoms with van der Waals surface area (Å²) in [6, 6.07) is 10.2. The molecule has 1 aliphatic heterocycles. The number of aromatic nitrogens is 2. The number of rotatable bonds is 4. The molecule has 1 N–H and O–H groups in total. The van der Waals surface area contributed by atoms with Gasteiger partial charge in [-0.05, 0) is 44.8 Å². The summed E-state index contributed by atoms with van der Waals surface area (Å²) in [7, 11) is 4.24. The molecule has 0 bridgehead atoms. The lowest BCUT2D eigenvalue weighted by Crippen LogP contribution is -2.31. The molecule has 3 aromatic heterocycles. The van der Waals surface area contributed by atoms with Gasteiger partial charge in [0.15, 0.2) is 0 Å². The number of amides is 1. The lowest BCUT2D eigenvalue weighted by Gasteiger charge is -2.21. The van der Waals surface area contributed by atoms with E-state index in [4.69, 9.17) is 0 Å². The first-order valence-corrected chi connectivity index (χ1v) is 9.45. The van der Waals surface area contributed by atoms with Gasteiger partial charge in [0.05, 0.1) is 16.8 Å². The van der Waals surface area contributed by atoms with Gasteiger partial charge in [-0.15, -0.1) is 11.3 Å². The number of nitrogens with zero attached hydrogens (tertiary/aromatic N) is 4. The maximum absolute atomic E-state index is 12.5. The van der Waals surface area contributed by atoms with Crippen molar-refractivity contribution in [3.05, 3.63) is 47.6 Å². The van der Waals surface area contributed by atoms with Crippen molar-refractivity contribution in [1.29, 1.82) is 0 Å². The Morgan fingerprint density at radius 2 is 2.19 bits per heavy atom. The molecule has 6 nitrogen and oxygen atoms in total. The number of thiophene rings is 1. The van der Waals surface area contributed by atoms with Crippen molar-refractivity contribution in [1.82, 2.24) is 14.9 Å². The first kappa shape index (κ1) is 16.9. The fraction of sp³-hybridized carbons (Fsp3) is 0.316. The largest absolute Gasteiger partial charge is 0.369 e. The maximum Gasteiger partial charge on any atom is 0.266 e. The predicted octanol–water partition coefficient (Wildman–Crippen LogP) is 3.08. The molecule has 0 aliphatic carbocycles. The molecule has 4 rings (SSSR count). The van der Waals surface area contributed by atoms with Crippen molar-refractivity contribution in [3.63, 3.8) is 0 Å². The molecule has 1 aliphatic rings. The lowest BCUT2D eigenvalue weighted by molar-refractivity contribution is 0.103. The number of nitrogens with one attached hydrogen (secondary N) is 1. The fourth-order valence-electron chi connectivity index (χ4n) is 3.21. The maximum atomic E-state index is 12.5. The summed E-state index contributed by atoms with van der Waals surface area (Å²) in [4.78, 5) is 27.3. The number of fused-ring (bicyclic) bond motifs is 1. The number of hydrogen-bond donors (Lipinski definition) is 1. The molecule has 4 heterocycles. The third-order valence-electron chi connectivity index (χ3n) is 4.77. The van der Waals surface area contributed by atoms with E-state index >= 15 is 0 Å². The number of anilines is 2. The molecule has 1 fully saturated rings. The fourth-order valence-corrected chi connectivity index (χ4v) is 4.10. The van der Waals surface area contributed by atoms with Crippen LogP contribution in [0.2, 0.25) is 0 Å². The average Bonchev–Trinajstić information content (AvgIpc) is 3.29. The van der Waals surface area contributed by atoms with Crippen LogP contribution in [-0.4, -0.2) is 54.0 Å². The Morgan fingerprint density at radius 3 is 2.88 bits per heavy atom. The smallest absolute Gasteiger partial charge is 0.266 e. The van der Waals surface area contributed by atoms with E-state index in [0.717, 1.165) is 35.4 Å². The molecule has 134 valence electrons. The lowest BCUT2D eigenvalue weighted by atomic mass is 10.2. The van der Waals surface area contributed by atoms with Crippen LogP contribution in [0.3, 0.4) is 0 Å². The molecule has 3 aromatic rings. The minimum atomic E-state index is -0.151. The van der Waals surface area contributed by atoms with Gasteiger partial charge in [-0.25, -0.2) is 9.97 Å². The molecule has 0 spiro atoms. The molecule has 26 heavy (non-hydrogen) atoms. The van der Waals surface area contributed by atoms with E-state index in [9.17, 15) is 4.79 Å². The summed E-state index contributed by atoms with van der Waals surface area (Å²) >= 11 is 1.39. The van der Waals surface area contributed by atoms with Crippen LogP contribution in [0.1, 0.15) is 16.1 Å². The second-order valence-corrected chi connectivity index (χ2v) is 7.75. The highest BCUT2D eigenvalue weighted by Gasteiger charge is 2.24. The van der Waals surface area contributed by atoms with Crippen molar-refractivity contribution in [3.8, 4) is 0 Å². The Hall–Kier alpha value is -2.51. The van der Waals surface area contributed by atoms with Gasteiger partial charge in [0, 0.05) is 30.7 Å². The summed E-state index contributed by atoms with van der Waals surface area (Å²) in [5.41, 5.74) is 1.10. The van der Waals surface area contributed by atoms with E-state index in [0.29, 0.717) is 16.7 Å². The molecule has 1 atom stereocenters. The molecule has 1 saturated heterocycles. The monoisotopic (exact) mass is 367 g/mol. The van der Waals surface area contributed by atoms with Crippen LogP contribution < -0.4 is 10.2 Å². The van der Waals surface area contributed by atoms with Gasteiger partial charge >= 0.3 is 0 Å². The van der Waals surface area contributed by atoms with Gasteiger partial charge < -0.3 is 15.1 Å². The Labute approximate surface area is 156 Å². The topological polar surface area (TPSA) is 61.4 Å². The van der Waals surface area contributed by atoms with Crippen LogP contribution in [0.15, 0.2) is 42.7 Å². The molecule has 0 aromatic carbocycles. The van der Waals surface area contributed by atoms with Gasteiger partial charge in [0.1, 0.15) is 10.6 Å². The van der Waals surface area contributed by atoms with E-state index in [2.05, 4.69) is 39.2 Å². The SMILES string of the molecule is CN(C)C1CCN(c2ccc(NC(=O)c3cc4cccnc4s3)nc2)C1. The number of carbonyl (C=O) groups is 1. The third-order valence-corrected chi connectivity index (χ3v) is 5.82. The van der Waals surface area contributed by atoms with Crippen LogP contribution in [0, 0.1) is 0 Å². The van der Waals surface area contributed by atoms with Gasteiger partial charge in [0.2, 0.25) is 0 Å². The minimum Gasteiger partial charge on any atom is -0.369 e. The van der Waals surface area contributed by atoms with Crippen molar-refractivity contribution in [2.75, 3.05) is 37.4 Å². The van der Waals surface area contributed by atoms with E-state index in [1.807, 2.05) is 36.5 Å². The summed E-state index contributed by atoms with van der Waals surface area (Å²) in [6.45, 7) is 2.04. The molecule has 0 radical (unpaired) electrons. The summed E-state index contributed by atoms with van der Waals surface area (Å²) < 4.78 is 0. The zero-order chi connectivity index (χ0) is 18.1. The van der Waals surface area contributed by atoms with Crippen molar-refractivity contribution < 1.29 is 4.79 Å². The zero-order valence-corrected chi connectivity index (χ0v) is 15.7. The number of hydrogen-bond acceptors (Lipinski definition) is 6. The summed E-state index contributed by atoms with van der Waals surface area (Å²) in [5.74, 6) is 0.412. The van der Waals surface area contributed by atoms with Gasteiger partial charge in [-0.3, -0.25) is 4.79 Å². The summed E-state index contributed by atoms with van der Waals surface area (Å²) in [6.07, 6.45) is 4.73. The molecule has 1 amide bonds. The van der Waals surface area contributed by atoms with Crippen LogP contribution >= 0.6 is 11.3 Å². The van der Waals surface area contributed by atoms with Gasteiger partial charge in [-0.1, -0.05) is 6.07 Å². The number of likely N-dealkylation sites (N-methyl/N-ethyl adjacent to an activating group) is 1. The second-order valence-electron chi connectivity index (χ2n) is 6.72. The Kier molecular flexibility index (Phi) is 4.57. The normalized spacial score (nSPS) is 17.2. The molecule has 7 heteroatoms. The molecule has 1 unspecified atom stereocenters. The average molecular weight is 367 g/mol. The van der Waals surface area contributed by atoms with E-state index in [-0.39, 0.29) is 5.91 Å². The molecular formula is C19H21N5OS. The number of pyridine rings is 2. The van der Waals surface area contributed by atoms with E-state index in [1.165, 1.54) is 11.3 Å². The van der Waals surface area contributed by atoms with Crippen molar-refractivity contribution in [2.45, 2.75) is 12.5 Å².